The zero-order valence-electron chi connectivity index (χ0n) is 10.5. The van der Waals surface area contributed by atoms with Crippen LogP contribution in [0.4, 0.5) is 10.1 Å². The van der Waals surface area contributed by atoms with Crippen LogP contribution in [-0.4, -0.2) is 18.5 Å². The minimum Gasteiger partial charge on any atom is -0.326 e. The minimum atomic E-state index is -0.363. The van der Waals surface area contributed by atoms with Crippen LogP contribution in [0.2, 0.25) is 0 Å². The Balaban J connectivity index is 2.64. The van der Waals surface area contributed by atoms with Crippen LogP contribution in [-0.2, 0) is 4.79 Å². The molecule has 0 bridgehead atoms. The van der Waals surface area contributed by atoms with E-state index in [0.717, 1.165) is 0 Å². The first kappa shape index (κ1) is 13.6. The van der Waals surface area contributed by atoms with Crippen molar-refractivity contribution >= 4 is 11.6 Å². The Kier molecular flexibility index (Phi) is 4.23. The molecule has 0 spiro atoms. The SMILES string of the molecule is CN(C(=O)CCC(C)(C)N)c1cccc(F)c1. The molecule has 2 N–H and O–H groups in total. The zero-order valence-corrected chi connectivity index (χ0v) is 10.5. The Morgan fingerprint density at radius 1 is 1.47 bits per heavy atom. The van der Waals surface area contributed by atoms with Gasteiger partial charge in [-0.1, -0.05) is 6.07 Å². The van der Waals surface area contributed by atoms with Crippen LogP contribution >= 0.6 is 0 Å². The van der Waals surface area contributed by atoms with Gasteiger partial charge in [0, 0.05) is 24.7 Å². The summed E-state index contributed by atoms with van der Waals surface area (Å²) in [5.74, 6) is -0.407. The van der Waals surface area contributed by atoms with E-state index in [9.17, 15) is 9.18 Å². The third-order valence-electron chi connectivity index (χ3n) is 2.55. The molecule has 1 rings (SSSR count). The van der Waals surface area contributed by atoms with Crippen molar-refractivity contribution in [3.63, 3.8) is 0 Å². The van der Waals surface area contributed by atoms with Gasteiger partial charge in [-0.3, -0.25) is 4.79 Å². The van der Waals surface area contributed by atoms with E-state index >= 15 is 0 Å². The molecular formula is C13H19FN2O. The van der Waals surface area contributed by atoms with Crippen LogP contribution < -0.4 is 10.6 Å². The highest BCUT2D eigenvalue weighted by atomic mass is 19.1. The number of rotatable bonds is 4. The summed E-state index contributed by atoms with van der Waals surface area (Å²) in [5.41, 5.74) is 6.01. The van der Waals surface area contributed by atoms with Gasteiger partial charge in [-0.2, -0.15) is 0 Å². The number of hydrogen-bond donors (Lipinski definition) is 1. The Bertz CT molecular complexity index is 399. The van der Waals surface area contributed by atoms with Crippen molar-refractivity contribution in [2.24, 2.45) is 5.73 Å². The summed E-state index contributed by atoms with van der Waals surface area (Å²) in [7, 11) is 1.64. The average molecular weight is 238 g/mol. The molecule has 1 amide bonds. The van der Waals surface area contributed by atoms with Crippen molar-refractivity contribution in [2.75, 3.05) is 11.9 Å². The molecule has 0 heterocycles. The van der Waals surface area contributed by atoms with Crippen LogP contribution in [0.3, 0.4) is 0 Å². The third kappa shape index (κ3) is 4.53. The van der Waals surface area contributed by atoms with Crippen molar-refractivity contribution in [3.05, 3.63) is 30.1 Å². The van der Waals surface area contributed by atoms with E-state index in [2.05, 4.69) is 0 Å². The Hall–Kier alpha value is -1.42. The molecule has 4 heteroatoms. The molecule has 0 unspecified atom stereocenters. The predicted molar refractivity (Wildman–Crippen MR) is 67.3 cm³/mol. The molecule has 0 radical (unpaired) electrons. The number of nitrogens with two attached hydrogens (primary N) is 1. The van der Waals surface area contributed by atoms with Crippen molar-refractivity contribution in [1.29, 1.82) is 0 Å². The largest absolute Gasteiger partial charge is 0.326 e. The van der Waals surface area contributed by atoms with Gasteiger partial charge >= 0.3 is 0 Å². The molecular weight excluding hydrogens is 219 g/mol. The van der Waals surface area contributed by atoms with E-state index in [1.54, 1.807) is 19.2 Å². The summed E-state index contributed by atoms with van der Waals surface area (Å²) in [4.78, 5) is 13.3. The number of carbonyl (C=O) groups excluding carboxylic acids is 1. The molecule has 94 valence electrons. The third-order valence-corrected chi connectivity index (χ3v) is 2.55. The van der Waals surface area contributed by atoms with Gasteiger partial charge in [-0.25, -0.2) is 4.39 Å². The number of hydrogen-bond acceptors (Lipinski definition) is 2. The molecule has 0 aliphatic rings. The van der Waals surface area contributed by atoms with Crippen molar-refractivity contribution in [2.45, 2.75) is 32.2 Å². The molecule has 0 aliphatic heterocycles. The summed E-state index contributed by atoms with van der Waals surface area (Å²) >= 11 is 0. The summed E-state index contributed by atoms with van der Waals surface area (Å²) in [6.45, 7) is 3.75. The van der Waals surface area contributed by atoms with Gasteiger partial charge in [-0.15, -0.1) is 0 Å². The fraction of sp³-hybridized carbons (Fsp3) is 0.462. The Labute approximate surface area is 101 Å². The van der Waals surface area contributed by atoms with E-state index in [1.807, 2.05) is 13.8 Å². The molecule has 0 aromatic heterocycles. The van der Waals surface area contributed by atoms with Gasteiger partial charge in [0.2, 0.25) is 5.91 Å². The Morgan fingerprint density at radius 2 is 2.12 bits per heavy atom. The summed E-state index contributed by atoms with van der Waals surface area (Å²) < 4.78 is 13.0. The van der Waals surface area contributed by atoms with Gasteiger partial charge in [0.15, 0.2) is 0 Å². The number of carbonyl (C=O) groups is 1. The highest BCUT2D eigenvalue weighted by Gasteiger charge is 2.16. The number of benzene rings is 1. The highest BCUT2D eigenvalue weighted by Crippen LogP contribution is 2.16. The molecule has 3 nitrogen and oxygen atoms in total. The summed E-state index contributed by atoms with van der Waals surface area (Å²) in [6.07, 6.45) is 0.960. The predicted octanol–water partition coefficient (Wildman–Crippen LogP) is 2.31. The van der Waals surface area contributed by atoms with Gasteiger partial charge in [-0.05, 0) is 38.5 Å². The topological polar surface area (TPSA) is 46.3 Å². The second-order valence-corrected chi connectivity index (χ2v) is 4.92. The molecule has 1 aromatic rings. The van der Waals surface area contributed by atoms with Crippen LogP contribution in [0.15, 0.2) is 24.3 Å². The molecule has 0 fully saturated rings. The van der Waals surface area contributed by atoms with E-state index in [-0.39, 0.29) is 17.3 Å². The number of amides is 1. The molecule has 0 aliphatic carbocycles. The van der Waals surface area contributed by atoms with E-state index < -0.39 is 0 Å². The van der Waals surface area contributed by atoms with Crippen molar-refractivity contribution < 1.29 is 9.18 Å². The van der Waals surface area contributed by atoms with Gasteiger partial charge in [0.05, 0.1) is 0 Å². The smallest absolute Gasteiger partial charge is 0.226 e. The lowest BCUT2D eigenvalue weighted by atomic mass is 10.00. The van der Waals surface area contributed by atoms with Crippen LogP contribution in [0.25, 0.3) is 0 Å². The molecule has 0 saturated carbocycles. The molecule has 0 atom stereocenters. The van der Waals surface area contributed by atoms with Crippen LogP contribution in [0.1, 0.15) is 26.7 Å². The molecule has 1 aromatic carbocycles. The summed E-state index contributed by atoms with van der Waals surface area (Å²) in [6, 6.07) is 5.98. The monoisotopic (exact) mass is 238 g/mol. The van der Waals surface area contributed by atoms with Crippen molar-refractivity contribution in [3.8, 4) is 0 Å². The summed E-state index contributed by atoms with van der Waals surface area (Å²) in [5, 5.41) is 0. The fourth-order valence-corrected chi connectivity index (χ4v) is 1.43. The minimum absolute atomic E-state index is 0.0610. The maximum atomic E-state index is 13.0. The first-order chi connectivity index (χ1) is 7.79. The maximum absolute atomic E-state index is 13.0. The standard InChI is InChI=1S/C13H19FN2O/c1-13(2,15)8-7-12(17)16(3)11-6-4-5-10(14)9-11/h4-6,9H,7-8,15H2,1-3H3. The fourth-order valence-electron chi connectivity index (χ4n) is 1.43. The van der Waals surface area contributed by atoms with Gasteiger partial charge in [0.1, 0.15) is 5.82 Å². The van der Waals surface area contributed by atoms with Crippen LogP contribution in [0, 0.1) is 5.82 Å². The van der Waals surface area contributed by atoms with Crippen molar-refractivity contribution in [1.82, 2.24) is 0 Å². The molecule has 17 heavy (non-hydrogen) atoms. The normalized spacial score (nSPS) is 11.4. The quantitative estimate of drug-likeness (QED) is 0.875. The van der Waals surface area contributed by atoms with Gasteiger partial charge < -0.3 is 10.6 Å². The maximum Gasteiger partial charge on any atom is 0.226 e. The number of anilines is 1. The lowest BCUT2D eigenvalue weighted by Gasteiger charge is -2.21. The van der Waals surface area contributed by atoms with Crippen LogP contribution in [0.5, 0.6) is 0 Å². The zero-order chi connectivity index (χ0) is 13.1. The first-order valence-electron chi connectivity index (χ1n) is 5.60. The molecule has 0 saturated heterocycles. The second-order valence-electron chi connectivity index (χ2n) is 4.92. The van der Waals surface area contributed by atoms with E-state index in [4.69, 9.17) is 5.73 Å². The second kappa shape index (κ2) is 5.27. The average Bonchev–Trinajstić information content (AvgIpc) is 2.24. The van der Waals surface area contributed by atoms with Gasteiger partial charge in [0.25, 0.3) is 0 Å². The lowest BCUT2D eigenvalue weighted by Crippen LogP contribution is -2.35. The van der Waals surface area contributed by atoms with E-state index in [0.29, 0.717) is 18.5 Å². The number of nitrogens with zero attached hydrogens (tertiary/aromatic N) is 1. The first-order valence-corrected chi connectivity index (χ1v) is 5.60. The number of halogens is 1. The highest BCUT2D eigenvalue weighted by molar-refractivity contribution is 5.92. The lowest BCUT2D eigenvalue weighted by molar-refractivity contribution is -0.118. The Morgan fingerprint density at radius 3 is 2.65 bits per heavy atom. The van der Waals surface area contributed by atoms with E-state index in [1.165, 1.54) is 17.0 Å².